The Labute approximate surface area is 126 Å². The molecular weight excluding hydrogens is 260 g/mol. The zero-order valence-corrected chi connectivity index (χ0v) is 13.5. The molecule has 0 bridgehead atoms. The molecule has 112 valence electrons. The fourth-order valence-electron chi connectivity index (χ4n) is 3.06. The monoisotopic (exact) mass is 284 g/mol. The highest BCUT2D eigenvalue weighted by Gasteiger charge is 2.16. The van der Waals surface area contributed by atoms with Crippen molar-refractivity contribution in [2.75, 3.05) is 7.05 Å². The van der Waals surface area contributed by atoms with Gasteiger partial charge in [0.15, 0.2) is 0 Å². The molecule has 1 heterocycles. The van der Waals surface area contributed by atoms with E-state index in [1.54, 1.807) is 4.57 Å². The van der Waals surface area contributed by atoms with Crippen molar-refractivity contribution in [2.45, 2.75) is 40.3 Å². The third kappa shape index (κ3) is 3.24. The minimum Gasteiger partial charge on any atom is -0.313 e. The third-order valence-electron chi connectivity index (χ3n) is 4.02. The van der Waals surface area contributed by atoms with Crippen LogP contribution >= 0.6 is 0 Å². The van der Waals surface area contributed by atoms with Crippen molar-refractivity contribution in [3.63, 3.8) is 0 Å². The van der Waals surface area contributed by atoms with Gasteiger partial charge in [0.25, 0.3) is 5.56 Å². The van der Waals surface area contributed by atoms with E-state index in [0.29, 0.717) is 6.54 Å². The van der Waals surface area contributed by atoms with Crippen molar-refractivity contribution in [2.24, 2.45) is 0 Å². The fourth-order valence-corrected chi connectivity index (χ4v) is 3.06. The molecular formula is C18H24N2O. The van der Waals surface area contributed by atoms with Crippen molar-refractivity contribution in [3.8, 4) is 0 Å². The van der Waals surface area contributed by atoms with Gasteiger partial charge in [0.2, 0.25) is 0 Å². The molecule has 0 amide bonds. The molecule has 0 saturated heterocycles. The average molecular weight is 284 g/mol. The lowest BCUT2D eigenvalue weighted by Gasteiger charge is -2.23. The Morgan fingerprint density at radius 3 is 2.29 bits per heavy atom. The Balaban J connectivity index is 2.42. The van der Waals surface area contributed by atoms with Crippen LogP contribution < -0.4 is 10.9 Å². The highest BCUT2D eigenvalue weighted by molar-refractivity contribution is 5.39. The first kappa shape index (κ1) is 15.5. The molecule has 0 aliphatic rings. The molecule has 0 aliphatic carbocycles. The van der Waals surface area contributed by atoms with Gasteiger partial charge in [-0.25, -0.2) is 0 Å². The van der Waals surface area contributed by atoms with Gasteiger partial charge < -0.3 is 9.88 Å². The second-order valence-electron chi connectivity index (χ2n) is 5.80. The number of aromatic nitrogens is 1. The van der Waals surface area contributed by atoms with Crippen LogP contribution in [0, 0.1) is 27.7 Å². The van der Waals surface area contributed by atoms with Gasteiger partial charge >= 0.3 is 0 Å². The first-order valence-corrected chi connectivity index (χ1v) is 7.35. The number of rotatable bonds is 4. The molecule has 0 radical (unpaired) electrons. The number of likely N-dealkylation sites (N-methyl/N-ethyl adjacent to an activating group) is 1. The van der Waals surface area contributed by atoms with Gasteiger partial charge in [-0.05, 0) is 57.5 Å². The van der Waals surface area contributed by atoms with Crippen LogP contribution in [0.2, 0.25) is 0 Å². The number of benzene rings is 1. The summed E-state index contributed by atoms with van der Waals surface area (Å²) in [6.45, 7) is 8.89. The van der Waals surface area contributed by atoms with Crippen LogP contribution in [0.25, 0.3) is 0 Å². The predicted octanol–water partition coefficient (Wildman–Crippen LogP) is 3.04. The number of hydrogen-bond acceptors (Lipinski definition) is 2. The lowest BCUT2D eigenvalue weighted by atomic mass is 9.94. The molecule has 1 N–H and O–H groups in total. The standard InChI is InChI=1S/C18H24N2O/c1-12-9-14(3)17(15(4)10-12)16(19-5)11-20-8-6-7-13(2)18(20)21/h6-10,16,19H,11H2,1-5H3. The van der Waals surface area contributed by atoms with Gasteiger partial charge in [-0.1, -0.05) is 23.8 Å². The van der Waals surface area contributed by atoms with Crippen molar-refractivity contribution in [3.05, 3.63) is 68.6 Å². The Morgan fingerprint density at radius 1 is 1.10 bits per heavy atom. The number of nitrogens with zero attached hydrogens (tertiary/aromatic N) is 1. The van der Waals surface area contributed by atoms with Crippen LogP contribution in [0.15, 0.2) is 35.3 Å². The van der Waals surface area contributed by atoms with E-state index in [2.05, 4.69) is 38.2 Å². The predicted molar refractivity (Wildman–Crippen MR) is 87.9 cm³/mol. The Morgan fingerprint density at radius 2 is 1.71 bits per heavy atom. The van der Waals surface area contributed by atoms with Crippen LogP contribution in [0.5, 0.6) is 0 Å². The normalized spacial score (nSPS) is 12.4. The Bertz CT molecular complexity index is 678. The fraction of sp³-hybridized carbons (Fsp3) is 0.389. The van der Waals surface area contributed by atoms with Crippen LogP contribution in [-0.2, 0) is 6.54 Å². The van der Waals surface area contributed by atoms with Gasteiger partial charge in [0.05, 0.1) is 6.04 Å². The van der Waals surface area contributed by atoms with Crippen molar-refractivity contribution in [1.82, 2.24) is 9.88 Å². The molecule has 21 heavy (non-hydrogen) atoms. The molecule has 0 spiro atoms. The summed E-state index contributed by atoms with van der Waals surface area (Å²) < 4.78 is 1.79. The summed E-state index contributed by atoms with van der Waals surface area (Å²) in [6, 6.07) is 8.32. The van der Waals surface area contributed by atoms with E-state index in [-0.39, 0.29) is 11.6 Å². The molecule has 3 nitrogen and oxygen atoms in total. The van der Waals surface area contributed by atoms with Gasteiger partial charge in [-0.3, -0.25) is 4.79 Å². The van der Waals surface area contributed by atoms with Crippen molar-refractivity contribution in [1.29, 1.82) is 0 Å². The topological polar surface area (TPSA) is 34.0 Å². The molecule has 0 saturated carbocycles. The largest absolute Gasteiger partial charge is 0.313 e. The Kier molecular flexibility index (Phi) is 4.63. The molecule has 1 aromatic heterocycles. The lowest BCUT2D eigenvalue weighted by Crippen LogP contribution is -2.30. The maximum atomic E-state index is 12.2. The second kappa shape index (κ2) is 6.27. The minimum absolute atomic E-state index is 0.0835. The van der Waals surface area contributed by atoms with Gasteiger partial charge in [0.1, 0.15) is 0 Å². The van der Waals surface area contributed by atoms with Gasteiger partial charge in [-0.15, -0.1) is 0 Å². The summed E-state index contributed by atoms with van der Waals surface area (Å²) in [7, 11) is 1.95. The summed E-state index contributed by atoms with van der Waals surface area (Å²) in [6.07, 6.45) is 1.86. The summed E-state index contributed by atoms with van der Waals surface area (Å²) in [5.41, 5.74) is 5.97. The van der Waals surface area contributed by atoms with Crippen molar-refractivity contribution < 1.29 is 0 Å². The average Bonchev–Trinajstić information content (AvgIpc) is 2.41. The van der Waals surface area contributed by atoms with E-state index < -0.39 is 0 Å². The zero-order chi connectivity index (χ0) is 15.6. The summed E-state index contributed by atoms with van der Waals surface area (Å²) in [5, 5.41) is 3.35. The van der Waals surface area contributed by atoms with Crippen molar-refractivity contribution >= 4 is 0 Å². The maximum absolute atomic E-state index is 12.2. The van der Waals surface area contributed by atoms with Crippen LogP contribution in [0.4, 0.5) is 0 Å². The van der Waals surface area contributed by atoms with E-state index in [4.69, 9.17) is 0 Å². The van der Waals surface area contributed by atoms with Gasteiger partial charge in [0, 0.05) is 18.3 Å². The Hall–Kier alpha value is -1.87. The number of hydrogen-bond donors (Lipinski definition) is 1. The summed E-state index contributed by atoms with van der Waals surface area (Å²) in [4.78, 5) is 12.2. The van der Waals surface area contributed by atoms with Crippen LogP contribution in [-0.4, -0.2) is 11.6 Å². The van der Waals surface area contributed by atoms with E-state index in [1.807, 2.05) is 32.3 Å². The number of pyridine rings is 1. The highest BCUT2D eigenvalue weighted by Crippen LogP contribution is 2.24. The van der Waals surface area contributed by atoms with Crippen LogP contribution in [0.1, 0.15) is 33.9 Å². The quantitative estimate of drug-likeness (QED) is 0.936. The maximum Gasteiger partial charge on any atom is 0.253 e. The van der Waals surface area contributed by atoms with E-state index >= 15 is 0 Å². The first-order chi connectivity index (χ1) is 9.93. The number of nitrogens with one attached hydrogen (secondary N) is 1. The summed E-state index contributed by atoms with van der Waals surface area (Å²) >= 11 is 0. The SMILES string of the molecule is CNC(Cn1cccc(C)c1=O)c1c(C)cc(C)cc1C. The minimum atomic E-state index is 0.0835. The summed E-state index contributed by atoms with van der Waals surface area (Å²) in [5.74, 6) is 0. The number of aryl methyl sites for hydroxylation is 4. The van der Waals surface area contributed by atoms with E-state index in [1.165, 1.54) is 22.3 Å². The smallest absolute Gasteiger partial charge is 0.253 e. The molecule has 1 unspecified atom stereocenters. The van der Waals surface area contributed by atoms with Crippen LogP contribution in [0.3, 0.4) is 0 Å². The second-order valence-corrected chi connectivity index (χ2v) is 5.80. The van der Waals surface area contributed by atoms with E-state index in [9.17, 15) is 4.79 Å². The molecule has 2 aromatic rings. The lowest BCUT2D eigenvalue weighted by molar-refractivity contribution is 0.486. The molecule has 1 aromatic carbocycles. The zero-order valence-electron chi connectivity index (χ0n) is 13.5. The molecule has 0 aliphatic heterocycles. The first-order valence-electron chi connectivity index (χ1n) is 7.35. The molecule has 0 fully saturated rings. The highest BCUT2D eigenvalue weighted by atomic mass is 16.1. The third-order valence-corrected chi connectivity index (χ3v) is 4.02. The van der Waals surface area contributed by atoms with Gasteiger partial charge in [-0.2, -0.15) is 0 Å². The molecule has 2 rings (SSSR count). The molecule has 1 atom stereocenters. The van der Waals surface area contributed by atoms with E-state index in [0.717, 1.165) is 5.56 Å². The molecule has 3 heteroatoms.